The zero-order valence-corrected chi connectivity index (χ0v) is 16.1. The molecule has 0 saturated carbocycles. The highest BCUT2D eigenvalue weighted by molar-refractivity contribution is 7.17. The Balaban J connectivity index is 2.17. The maximum Gasteiger partial charge on any atom is 0.341 e. The third-order valence-corrected chi connectivity index (χ3v) is 5.94. The Kier molecular flexibility index (Phi) is 6.04. The molecule has 0 aliphatic heterocycles. The summed E-state index contributed by atoms with van der Waals surface area (Å²) in [6.07, 6.45) is 3.82. The smallest absolute Gasteiger partial charge is 0.341 e. The van der Waals surface area contributed by atoms with Gasteiger partial charge in [0, 0.05) is 10.4 Å². The van der Waals surface area contributed by atoms with Crippen LogP contribution in [0.1, 0.15) is 61.3 Å². The molecule has 1 aromatic rings. The average Bonchev–Trinajstić information content (AvgIpc) is 2.89. The van der Waals surface area contributed by atoms with Gasteiger partial charge in [-0.25, -0.2) is 4.79 Å². The predicted octanol–water partition coefficient (Wildman–Crippen LogP) is 3.38. The molecule has 0 bridgehead atoms. The molecule has 1 atom stereocenters. The molecule has 24 heavy (non-hydrogen) atoms. The van der Waals surface area contributed by atoms with Crippen molar-refractivity contribution in [3.8, 4) is 0 Å². The normalized spacial score (nSPS) is 17.3. The van der Waals surface area contributed by atoms with E-state index >= 15 is 0 Å². The molecule has 6 heteroatoms. The van der Waals surface area contributed by atoms with Crippen molar-refractivity contribution >= 4 is 28.2 Å². The Morgan fingerprint density at radius 3 is 2.71 bits per heavy atom. The van der Waals surface area contributed by atoms with Crippen LogP contribution >= 0.6 is 11.3 Å². The van der Waals surface area contributed by atoms with E-state index in [0.717, 1.165) is 31.2 Å². The van der Waals surface area contributed by atoms with Crippen molar-refractivity contribution in [1.29, 1.82) is 0 Å². The number of hydrogen-bond donors (Lipinski definition) is 2. The lowest BCUT2D eigenvalue weighted by molar-refractivity contribution is -0.115. The molecule has 0 aromatic carbocycles. The highest BCUT2D eigenvalue weighted by atomic mass is 32.1. The Hall–Kier alpha value is -1.40. The van der Waals surface area contributed by atoms with E-state index in [1.54, 1.807) is 0 Å². The average molecular weight is 353 g/mol. The monoisotopic (exact) mass is 352 g/mol. The first-order valence-electron chi connectivity index (χ1n) is 8.55. The van der Waals surface area contributed by atoms with Gasteiger partial charge < -0.3 is 15.4 Å². The zero-order chi connectivity index (χ0) is 17.9. The number of hydrogen-bond acceptors (Lipinski definition) is 5. The van der Waals surface area contributed by atoms with Crippen LogP contribution < -0.4 is 10.6 Å². The van der Waals surface area contributed by atoms with Crippen molar-refractivity contribution in [1.82, 2.24) is 5.32 Å². The Bertz CT molecular complexity index is 622. The van der Waals surface area contributed by atoms with Crippen LogP contribution in [0.25, 0.3) is 0 Å². The molecule has 2 rings (SSSR count). The quantitative estimate of drug-likeness (QED) is 0.770. The molecular formula is C18H28N2O3S. The van der Waals surface area contributed by atoms with Crippen molar-refractivity contribution in [3.05, 3.63) is 16.0 Å². The number of amides is 1. The largest absolute Gasteiger partial charge is 0.465 e. The van der Waals surface area contributed by atoms with Gasteiger partial charge in [-0.1, -0.05) is 13.8 Å². The zero-order valence-electron chi connectivity index (χ0n) is 15.2. The topological polar surface area (TPSA) is 67.4 Å². The van der Waals surface area contributed by atoms with E-state index in [4.69, 9.17) is 4.74 Å². The number of esters is 1. The highest BCUT2D eigenvalue weighted by Gasteiger charge is 2.29. The third-order valence-electron chi connectivity index (χ3n) is 4.77. The summed E-state index contributed by atoms with van der Waals surface area (Å²) in [5.41, 5.74) is 1.52. The van der Waals surface area contributed by atoms with E-state index in [9.17, 15) is 9.59 Å². The van der Waals surface area contributed by atoms with E-state index in [2.05, 4.69) is 38.3 Å². The molecule has 1 unspecified atom stereocenters. The first-order chi connectivity index (χ1) is 11.3. The SMILES string of the molecule is CCC(C)(C)NCC(=O)Nc1sc2c(c1C(=O)OC)CCC(C)C2. The first kappa shape index (κ1) is 18.9. The predicted molar refractivity (Wildman–Crippen MR) is 97.8 cm³/mol. The van der Waals surface area contributed by atoms with Crippen LogP contribution in [0.4, 0.5) is 5.00 Å². The van der Waals surface area contributed by atoms with Crippen LogP contribution in [0.2, 0.25) is 0 Å². The molecule has 1 amide bonds. The van der Waals surface area contributed by atoms with Gasteiger partial charge in [0.05, 0.1) is 19.2 Å². The van der Waals surface area contributed by atoms with Crippen LogP contribution in [0, 0.1) is 5.92 Å². The lowest BCUT2D eigenvalue weighted by Crippen LogP contribution is -2.43. The van der Waals surface area contributed by atoms with Crippen LogP contribution in [0.3, 0.4) is 0 Å². The summed E-state index contributed by atoms with van der Waals surface area (Å²) >= 11 is 1.52. The summed E-state index contributed by atoms with van der Waals surface area (Å²) in [5.74, 6) is 0.116. The van der Waals surface area contributed by atoms with E-state index in [1.807, 2.05) is 0 Å². The number of carbonyl (C=O) groups excluding carboxylic acids is 2. The maximum atomic E-state index is 12.3. The lowest BCUT2D eigenvalue weighted by Gasteiger charge is -2.24. The summed E-state index contributed by atoms with van der Waals surface area (Å²) in [4.78, 5) is 25.7. The van der Waals surface area contributed by atoms with Crippen molar-refractivity contribution in [2.75, 3.05) is 19.0 Å². The molecule has 1 aliphatic rings. The number of ether oxygens (including phenoxy) is 1. The second kappa shape index (κ2) is 7.66. The molecule has 0 saturated heterocycles. The number of fused-ring (bicyclic) bond motifs is 1. The number of nitrogens with one attached hydrogen (secondary N) is 2. The number of anilines is 1. The fraction of sp³-hybridized carbons (Fsp3) is 0.667. The molecule has 0 radical (unpaired) electrons. The van der Waals surface area contributed by atoms with Crippen LogP contribution in [0.15, 0.2) is 0 Å². The number of methoxy groups -OCH3 is 1. The van der Waals surface area contributed by atoms with Crippen molar-refractivity contribution < 1.29 is 14.3 Å². The van der Waals surface area contributed by atoms with Gasteiger partial charge in [-0.3, -0.25) is 4.79 Å². The van der Waals surface area contributed by atoms with Crippen LogP contribution in [-0.2, 0) is 22.4 Å². The van der Waals surface area contributed by atoms with Gasteiger partial charge >= 0.3 is 5.97 Å². The van der Waals surface area contributed by atoms with Crippen molar-refractivity contribution in [2.45, 2.75) is 58.9 Å². The fourth-order valence-electron chi connectivity index (χ4n) is 2.77. The van der Waals surface area contributed by atoms with E-state index in [1.165, 1.54) is 23.3 Å². The van der Waals surface area contributed by atoms with Gasteiger partial charge in [0.25, 0.3) is 0 Å². The minimum Gasteiger partial charge on any atom is -0.465 e. The van der Waals surface area contributed by atoms with E-state index in [-0.39, 0.29) is 24.0 Å². The molecule has 0 spiro atoms. The van der Waals surface area contributed by atoms with Crippen LogP contribution in [-0.4, -0.2) is 31.1 Å². The lowest BCUT2D eigenvalue weighted by atomic mass is 9.88. The molecule has 1 heterocycles. The first-order valence-corrected chi connectivity index (χ1v) is 9.36. The van der Waals surface area contributed by atoms with Gasteiger partial charge in [0.1, 0.15) is 5.00 Å². The minimum atomic E-state index is -0.362. The summed E-state index contributed by atoms with van der Waals surface area (Å²) in [7, 11) is 1.38. The molecule has 134 valence electrons. The molecule has 0 fully saturated rings. The summed E-state index contributed by atoms with van der Waals surface area (Å²) in [6.45, 7) is 8.64. The third kappa shape index (κ3) is 4.36. The second-order valence-corrected chi connectivity index (χ2v) is 8.29. The van der Waals surface area contributed by atoms with Crippen molar-refractivity contribution in [2.24, 2.45) is 5.92 Å². The maximum absolute atomic E-state index is 12.3. The minimum absolute atomic E-state index is 0.0906. The van der Waals surface area contributed by atoms with E-state index in [0.29, 0.717) is 16.5 Å². The van der Waals surface area contributed by atoms with Gasteiger partial charge in [-0.2, -0.15) is 0 Å². The van der Waals surface area contributed by atoms with Gasteiger partial charge in [-0.05, 0) is 51.0 Å². The van der Waals surface area contributed by atoms with Gasteiger partial charge in [-0.15, -0.1) is 11.3 Å². The standard InChI is InChI=1S/C18H28N2O3S/c1-6-18(3,4)19-10-14(21)20-16-15(17(22)23-5)12-8-7-11(2)9-13(12)24-16/h11,19H,6-10H2,1-5H3,(H,20,21). The number of rotatable bonds is 6. The van der Waals surface area contributed by atoms with Gasteiger partial charge in [0.2, 0.25) is 5.91 Å². The Morgan fingerprint density at radius 2 is 2.08 bits per heavy atom. The molecular weight excluding hydrogens is 324 g/mol. The molecule has 1 aromatic heterocycles. The fourth-order valence-corrected chi connectivity index (χ4v) is 4.19. The number of carbonyl (C=O) groups is 2. The molecule has 1 aliphatic carbocycles. The number of thiophene rings is 1. The van der Waals surface area contributed by atoms with Crippen LogP contribution in [0.5, 0.6) is 0 Å². The Labute approximate surface area is 148 Å². The molecule has 5 nitrogen and oxygen atoms in total. The second-order valence-electron chi connectivity index (χ2n) is 7.19. The molecule has 2 N–H and O–H groups in total. The summed E-state index contributed by atoms with van der Waals surface area (Å²) in [6, 6.07) is 0. The summed E-state index contributed by atoms with van der Waals surface area (Å²) in [5, 5.41) is 6.77. The summed E-state index contributed by atoms with van der Waals surface area (Å²) < 4.78 is 4.94. The Morgan fingerprint density at radius 1 is 1.38 bits per heavy atom. The van der Waals surface area contributed by atoms with E-state index < -0.39 is 0 Å². The van der Waals surface area contributed by atoms with Gasteiger partial charge in [0.15, 0.2) is 0 Å². The highest BCUT2D eigenvalue weighted by Crippen LogP contribution is 2.39. The van der Waals surface area contributed by atoms with Crippen molar-refractivity contribution in [3.63, 3.8) is 0 Å².